The number of aryl methyl sites for hydroxylation is 2. The van der Waals surface area contributed by atoms with Gasteiger partial charge in [0.05, 0.1) is 5.56 Å². The highest BCUT2D eigenvalue weighted by atomic mass is 16.5. The Morgan fingerprint density at radius 2 is 1.39 bits per heavy atom. The Morgan fingerprint density at radius 1 is 0.756 bits per heavy atom. The number of esters is 1. The Balaban J connectivity index is 1.27. The summed E-state index contributed by atoms with van der Waals surface area (Å²) in [7, 11) is 0. The maximum absolute atomic E-state index is 13.1. The maximum atomic E-state index is 13.1. The zero-order valence-corrected chi connectivity index (χ0v) is 25.9. The first-order valence-electron chi connectivity index (χ1n) is 16.5. The molecule has 1 aliphatic carbocycles. The molecule has 2 heteroatoms. The number of hydrogen-bond acceptors (Lipinski definition) is 2. The summed E-state index contributed by atoms with van der Waals surface area (Å²) in [6.45, 7) is 6.90. The minimum atomic E-state index is -0.284. The van der Waals surface area contributed by atoms with E-state index >= 15 is 0 Å². The molecule has 2 nitrogen and oxygen atoms in total. The predicted octanol–water partition coefficient (Wildman–Crippen LogP) is 11.3. The van der Waals surface area contributed by atoms with Crippen molar-refractivity contribution in [1.29, 1.82) is 0 Å². The van der Waals surface area contributed by atoms with Crippen LogP contribution in [-0.2, 0) is 12.8 Å². The molecular weight excluding hydrogens is 500 g/mol. The summed E-state index contributed by atoms with van der Waals surface area (Å²) in [5.74, 6) is 2.98. The monoisotopic (exact) mass is 552 g/mol. The van der Waals surface area contributed by atoms with Crippen molar-refractivity contribution in [3.63, 3.8) is 0 Å². The molecule has 0 aliphatic heterocycles. The van der Waals surface area contributed by atoms with Crippen molar-refractivity contribution in [3.05, 3.63) is 89.5 Å². The fraction of sp³-hybridized carbons (Fsp3) is 0.513. The quantitative estimate of drug-likeness (QED) is 0.106. The normalized spacial score (nSPS) is 17.7. The van der Waals surface area contributed by atoms with Crippen LogP contribution in [0.15, 0.2) is 72.8 Å². The van der Waals surface area contributed by atoms with Crippen LogP contribution in [0.3, 0.4) is 0 Å². The molecule has 0 heterocycles. The van der Waals surface area contributed by atoms with E-state index in [9.17, 15) is 4.79 Å². The molecule has 0 bridgehead atoms. The molecule has 0 amide bonds. The van der Waals surface area contributed by atoms with Gasteiger partial charge in [-0.2, -0.15) is 0 Å². The molecule has 1 atom stereocenters. The Hall–Kier alpha value is -2.87. The fourth-order valence-corrected chi connectivity index (χ4v) is 6.34. The molecule has 0 radical (unpaired) electrons. The zero-order chi connectivity index (χ0) is 28.9. The van der Waals surface area contributed by atoms with Gasteiger partial charge in [0.25, 0.3) is 0 Å². The second kappa shape index (κ2) is 16.5. The molecule has 0 saturated heterocycles. The van der Waals surface area contributed by atoms with Crippen LogP contribution in [0, 0.1) is 17.8 Å². The number of carbonyl (C=O) groups excluding carboxylic acids is 1. The molecule has 0 N–H and O–H groups in total. The molecule has 0 aromatic heterocycles. The third-order valence-corrected chi connectivity index (χ3v) is 9.45. The molecule has 220 valence electrons. The summed E-state index contributed by atoms with van der Waals surface area (Å²) in [6, 6.07) is 24.8. The summed E-state index contributed by atoms with van der Waals surface area (Å²) in [4.78, 5) is 13.1. The topological polar surface area (TPSA) is 26.3 Å². The number of rotatable bonds is 15. The predicted molar refractivity (Wildman–Crippen MR) is 174 cm³/mol. The van der Waals surface area contributed by atoms with Crippen LogP contribution in [0.2, 0.25) is 0 Å². The van der Waals surface area contributed by atoms with Crippen molar-refractivity contribution in [2.45, 2.75) is 111 Å². The summed E-state index contributed by atoms with van der Waals surface area (Å²) >= 11 is 0. The molecular formula is C39H52O2. The van der Waals surface area contributed by atoms with Crippen molar-refractivity contribution in [2.24, 2.45) is 17.8 Å². The van der Waals surface area contributed by atoms with E-state index in [-0.39, 0.29) is 5.97 Å². The lowest BCUT2D eigenvalue weighted by Gasteiger charge is -2.28. The first-order chi connectivity index (χ1) is 20.1. The van der Waals surface area contributed by atoms with Gasteiger partial charge in [-0.1, -0.05) is 140 Å². The number of hydrogen-bond donors (Lipinski definition) is 0. The van der Waals surface area contributed by atoms with Gasteiger partial charge in [-0.3, -0.25) is 0 Å². The van der Waals surface area contributed by atoms with Gasteiger partial charge < -0.3 is 4.74 Å². The lowest BCUT2D eigenvalue weighted by Crippen LogP contribution is -2.15. The van der Waals surface area contributed by atoms with E-state index in [1.807, 2.05) is 36.4 Å². The zero-order valence-electron chi connectivity index (χ0n) is 25.9. The van der Waals surface area contributed by atoms with E-state index in [4.69, 9.17) is 4.74 Å². The maximum Gasteiger partial charge on any atom is 0.343 e. The summed E-state index contributed by atoms with van der Waals surface area (Å²) < 4.78 is 5.93. The van der Waals surface area contributed by atoms with E-state index in [0.29, 0.717) is 11.3 Å². The summed E-state index contributed by atoms with van der Waals surface area (Å²) in [5, 5.41) is 0. The largest absolute Gasteiger partial charge is 0.423 e. The molecule has 1 fully saturated rings. The van der Waals surface area contributed by atoms with Gasteiger partial charge in [-0.05, 0) is 83.9 Å². The van der Waals surface area contributed by atoms with Crippen LogP contribution < -0.4 is 4.74 Å². The first-order valence-corrected chi connectivity index (χ1v) is 16.5. The molecule has 0 unspecified atom stereocenters. The van der Waals surface area contributed by atoms with Gasteiger partial charge in [0.2, 0.25) is 0 Å². The summed E-state index contributed by atoms with van der Waals surface area (Å²) in [5.41, 5.74) is 5.42. The third-order valence-electron chi connectivity index (χ3n) is 9.45. The van der Waals surface area contributed by atoms with E-state index in [2.05, 4.69) is 57.2 Å². The van der Waals surface area contributed by atoms with E-state index in [1.54, 1.807) is 0 Å². The van der Waals surface area contributed by atoms with Gasteiger partial charge in [-0.15, -0.1) is 0 Å². The van der Waals surface area contributed by atoms with Gasteiger partial charge in [-0.25, -0.2) is 4.79 Å². The van der Waals surface area contributed by atoms with Gasteiger partial charge in [0, 0.05) is 0 Å². The summed E-state index contributed by atoms with van der Waals surface area (Å²) in [6.07, 6.45) is 18.1. The Kier molecular flexibility index (Phi) is 12.5. The first kappa shape index (κ1) is 31.1. The number of carbonyl (C=O) groups is 1. The van der Waals surface area contributed by atoms with Gasteiger partial charge in [0.15, 0.2) is 0 Å². The van der Waals surface area contributed by atoms with Crippen molar-refractivity contribution in [2.75, 3.05) is 0 Å². The van der Waals surface area contributed by atoms with Gasteiger partial charge >= 0.3 is 5.97 Å². The van der Waals surface area contributed by atoms with Crippen LogP contribution in [0.1, 0.15) is 119 Å². The molecule has 3 aromatic rings. The average Bonchev–Trinajstić information content (AvgIpc) is 3.01. The standard InChI is InChI=1S/C39H52O2/c1-4-6-7-12-31-16-18-33(19-17-31)22-25-36-14-8-9-15-38(36)41-39(40)37-28-26-35(27-29-37)34-23-20-32(21-24-34)13-10-11-30(3)5-2/h8-9,14-15,20-21,23-24,26-31,33H,4-7,10-13,16-19,22,25H2,1-3H3/t30-,31?,33?/m0/s1. The number of unbranched alkanes of at least 4 members (excludes halogenated alkanes) is 2. The van der Waals surface area contributed by atoms with E-state index in [0.717, 1.165) is 41.7 Å². The second-order valence-corrected chi connectivity index (χ2v) is 12.6. The SMILES string of the molecule is CCCCCC1CCC(CCc2ccccc2OC(=O)c2ccc(-c3ccc(CCC[C@@H](C)CC)cc3)cc2)CC1. The second-order valence-electron chi connectivity index (χ2n) is 12.6. The highest BCUT2D eigenvalue weighted by molar-refractivity contribution is 5.91. The number of ether oxygens (including phenoxy) is 1. The Bertz CT molecular complexity index is 1170. The van der Waals surface area contributed by atoms with E-state index in [1.165, 1.54) is 88.2 Å². The molecule has 1 aliphatic rings. The number of para-hydroxylation sites is 1. The molecule has 4 rings (SSSR count). The number of benzene rings is 3. The van der Waals surface area contributed by atoms with Crippen molar-refractivity contribution in [1.82, 2.24) is 0 Å². The van der Waals surface area contributed by atoms with Crippen LogP contribution in [0.5, 0.6) is 5.75 Å². The van der Waals surface area contributed by atoms with Crippen LogP contribution in [-0.4, -0.2) is 5.97 Å². The minimum Gasteiger partial charge on any atom is -0.423 e. The fourth-order valence-electron chi connectivity index (χ4n) is 6.34. The van der Waals surface area contributed by atoms with Crippen molar-refractivity contribution < 1.29 is 9.53 Å². The Labute approximate surface area is 249 Å². The Morgan fingerprint density at radius 3 is 2.05 bits per heavy atom. The van der Waals surface area contributed by atoms with Crippen LogP contribution in [0.25, 0.3) is 11.1 Å². The smallest absolute Gasteiger partial charge is 0.343 e. The molecule has 41 heavy (non-hydrogen) atoms. The molecule has 1 saturated carbocycles. The highest BCUT2D eigenvalue weighted by Gasteiger charge is 2.21. The lowest BCUT2D eigenvalue weighted by atomic mass is 9.78. The van der Waals surface area contributed by atoms with Crippen molar-refractivity contribution >= 4 is 5.97 Å². The minimum absolute atomic E-state index is 0.284. The highest BCUT2D eigenvalue weighted by Crippen LogP contribution is 2.35. The van der Waals surface area contributed by atoms with Crippen LogP contribution >= 0.6 is 0 Å². The van der Waals surface area contributed by atoms with Gasteiger partial charge in [0.1, 0.15) is 5.75 Å². The van der Waals surface area contributed by atoms with E-state index < -0.39 is 0 Å². The molecule has 0 spiro atoms. The average molecular weight is 553 g/mol. The lowest BCUT2D eigenvalue weighted by molar-refractivity contribution is 0.0733. The van der Waals surface area contributed by atoms with Crippen LogP contribution in [0.4, 0.5) is 0 Å². The third kappa shape index (κ3) is 9.87. The van der Waals surface area contributed by atoms with Crippen molar-refractivity contribution in [3.8, 4) is 16.9 Å². The molecule has 3 aromatic carbocycles.